The monoisotopic (exact) mass is 369 g/mol. The van der Waals surface area contributed by atoms with Gasteiger partial charge < -0.3 is 14.9 Å². The van der Waals surface area contributed by atoms with Gasteiger partial charge in [0.05, 0.1) is 12.2 Å². The Balaban J connectivity index is 1.81. The zero-order chi connectivity index (χ0) is 19.4. The molecule has 0 heterocycles. The van der Waals surface area contributed by atoms with Gasteiger partial charge in [-0.2, -0.15) is 0 Å². The highest BCUT2D eigenvalue weighted by Gasteiger charge is 2.45. The standard InChI is InChI=1S/C23H31NO3/c1-17-20(14-21(25)22(17)27-23(2,3)26)24(15-18-10-6-4-7-11-18)16-19-12-8-5-9-13-19/h4-13,17,20-22,25-26H,14-16H2,1-3H3. The van der Waals surface area contributed by atoms with Gasteiger partial charge in [-0.25, -0.2) is 0 Å². The molecule has 2 N–H and O–H groups in total. The number of aliphatic hydroxyl groups is 2. The van der Waals surface area contributed by atoms with Crippen LogP contribution in [0, 0.1) is 5.92 Å². The zero-order valence-corrected chi connectivity index (χ0v) is 16.5. The van der Waals surface area contributed by atoms with E-state index in [1.807, 2.05) is 12.1 Å². The van der Waals surface area contributed by atoms with E-state index < -0.39 is 11.9 Å². The number of rotatable bonds is 7. The van der Waals surface area contributed by atoms with E-state index in [9.17, 15) is 10.2 Å². The molecule has 0 radical (unpaired) electrons. The Labute approximate surface area is 162 Å². The average Bonchev–Trinajstić information content (AvgIpc) is 2.90. The third kappa shape index (κ3) is 5.39. The molecular formula is C23H31NO3. The van der Waals surface area contributed by atoms with Crippen LogP contribution in [0.1, 0.15) is 38.3 Å². The summed E-state index contributed by atoms with van der Waals surface area (Å²) in [5.41, 5.74) is 2.50. The third-order valence-electron chi connectivity index (χ3n) is 5.34. The summed E-state index contributed by atoms with van der Waals surface area (Å²) in [6.45, 7) is 6.97. The van der Waals surface area contributed by atoms with Crippen molar-refractivity contribution in [2.24, 2.45) is 5.92 Å². The summed E-state index contributed by atoms with van der Waals surface area (Å²) in [6, 6.07) is 21.0. The molecule has 2 aromatic rings. The van der Waals surface area contributed by atoms with E-state index in [1.54, 1.807) is 13.8 Å². The molecule has 4 unspecified atom stereocenters. The minimum absolute atomic E-state index is 0.110. The summed E-state index contributed by atoms with van der Waals surface area (Å²) >= 11 is 0. The molecule has 1 saturated carbocycles. The van der Waals surface area contributed by atoms with Crippen molar-refractivity contribution >= 4 is 0 Å². The van der Waals surface area contributed by atoms with Crippen LogP contribution in [-0.2, 0) is 17.8 Å². The average molecular weight is 370 g/mol. The van der Waals surface area contributed by atoms with Crippen molar-refractivity contribution < 1.29 is 14.9 Å². The van der Waals surface area contributed by atoms with Gasteiger partial charge in [0.15, 0.2) is 5.79 Å². The van der Waals surface area contributed by atoms with E-state index in [0.717, 1.165) is 13.1 Å². The van der Waals surface area contributed by atoms with Gasteiger partial charge in [-0.1, -0.05) is 67.6 Å². The van der Waals surface area contributed by atoms with Gasteiger partial charge in [0.25, 0.3) is 0 Å². The van der Waals surface area contributed by atoms with E-state index in [4.69, 9.17) is 4.74 Å². The van der Waals surface area contributed by atoms with Gasteiger partial charge in [-0.05, 0) is 31.4 Å². The number of hydrogen-bond donors (Lipinski definition) is 2. The van der Waals surface area contributed by atoms with Crippen molar-refractivity contribution in [2.45, 2.75) is 64.3 Å². The highest BCUT2D eigenvalue weighted by molar-refractivity contribution is 5.18. The van der Waals surface area contributed by atoms with E-state index in [1.165, 1.54) is 11.1 Å². The summed E-state index contributed by atoms with van der Waals surface area (Å²) in [6.07, 6.45) is -0.309. The summed E-state index contributed by atoms with van der Waals surface area (Å²) in [7, 11) is 0. The van der Waals surface area contributed by atoms with Crippen LogP contribution in [0.4, 0.5) is 0 Å². The number of hydrogen-bond acceptors (Lipinski definition) is 4. The lowest BCUT2D eigenvalue weighted by molar-refractivity contribution is -0.228. The van der Waals surface area contributed by atoms with Gasteiger partial charge in [0.2, 0.25) is 0 Å². The second-order valence-corrected chi connectivity index (χ2v) is 8.13. The predicted molar refractivity (Wildman–Crippen MR) is 107 cm³/mol. The van der Waals surface area contributed by atoms with E-state index in [2.05, 4.69) is 60.4 Å². The van der Waals surface area contributed by atoms with Crippen LogP contribution in [0.25, 0.3) is 0 Å². The summed E-state index contributed by atoms with van der Waals surface area (Å²) in [4.78, 5) is 2.42. The van der Waals surface area contributed by atoms with Crippen LogP contribution in [0.5, 0.6) is 0 Å². The molecule has 0 aliphatic heterocycles. The van der Waals surface area contributed by atoms with Crippen LogP contribution in [0.3, 0.4) is 0 Å². The maximum Gasteiger partial charge on any atom is 0.160 e. The summed E-state index contributed by atoms with van der Waals surface area (Å²) in [5, 5.41) is 20.7. The van der Waals surface area contributed by atoms with Gasteiger partial charge in [-0.15, -0.1) is 0 Å². The molecule has 0 aromatic heterocycles. The van der Waals surface area contributed by atoms with Crippen LogP contribution < -0.4 is 0 Å². The normalized spacial score (nSPS) is 25.9. The van der Waals surface area contributed by atoms with Crippen molar-refractivity contribution in [3.63, 3.8) is 0 Å². The van der Waals surface area contributed by atoms with E-state index >= 15 is 0 Å². The Morgan fingerprint density at radius 1 is 0.963 bits per heavy atom. The fourth-order valence-electron chi connectivity index (χ4n) is 4.09. The molecule has 1 fully saturated rings. The molecule has 0 bridgehead atoms. The fraction of sp³-hybridized carbons (Fsp3) is 0.478. The molecule has 27 heavy (non-hydrogen) atoms. The maximum absolute atomic E-state index is 10.6. The van der Waals surface area contributed by atoms with Gasteiger partial charge in [-0.3, -0.25) is 4.90 Å². The predicted octanol–water partition coefficient (Wildman–Crippen LogP) is 3.57. The molecule has 0 spiro atoms. The Hall–Kier alpha value is -1.72. The topological polar surface area (TPSA) is 52.9 Å². The molecule has 146 valence electrons. The van der Waals surface area contributed by atoms with E-state index in [-0.39, 0.29) is 18.1 Å². The maximum atomic E-state index is 10.6. The third-order valence-corrected chi connectivity index (χ3v) is 5.34. The summed E-state index contributed by atoms with van der Waals surface area (Å²) in [5.74, 6) is -1.14. The van der Waals surface area contributed by atoms with Crippen LogP contribution >= 0.6 is 0 Å². The van der Waals surface area contributed by atoms with Crippen molar-refractivity contribution in [3.8, 4) is 0 Å². The summed E-state index contributed by atoms with van der Waals surface area (Å²) < 4.78 is 5.78. The molecule has 2 aromatic carbocycles. The van der Waals surface area contributed by atoms with Crippen molar-refractivity contribution in [1.29, 1.82) is 0 Å². The Kier molecular flexibility index (Phi) is 6.33. The van der Waals surface area contributed by atoms with E-state index in [0.29, 0.717) is 6.42 Å². The highest BCUT2D eigenvalue weighted by atomic mass is 16.6. The molecule has 4 atom stereocenters. The smallest absolute Gasteiger partial charge is 0.160 e. The highest BCUT2D eigenvalue weighted by Crippen LogP contribution is 2.36. The molecular weight excluding hydrogens is 338 g/mol. The number of aliphatic hydroxyl groups excluding tert-OH is 1. The lowest BCUT2D eigenvalue weighted by Gasteiger charge is -2.34. The largest absolute Gasteiger partial charge is 0.390 e. The Bertz CT molecular complexity index is 657. The van der Waals surface area contributed by atoms with Crippen molar-refractivity contribution in [1.82, 2.24) is 4.90 Å². The number of ether oxygens (including phenoxy) is 1. The lowest BCUT2D eigenvalue weighted by atomic mass is 10.0. The first-order valence-corrected chi connectivity index (χ1v) is 9.73. The van der Waals surface area contributed by atoms with Gasteiger partial charge in [0.1, 0.15) is 0 Å². The molecule has 0 saturated heterocycles. The van der Waals surface area contributed by atoms with Crippen molar-refractivity contribution in [2.75, 3.05) is 0 Å². The molecule has 4 nitrogen and oxygen atoms in total. The van der Waals surface area contributed by atoms with Gasteiger partial charge in [0, 0.05) is 25.0 Å². The first-order chi connectivity index (χ1) is 12.8. The minimum atomic E-state index is -1.25. The molecule has 1 aliphatic carbocycles. The molecule has 0 amide bonds. The fourth-order valence-corrected chi connectivity index (χ4v) is 4.09. The first kappa shape index (κ1) is 20.0. The van der Waals surface area contributed by atoms with Crippen LogP contribution in [0.2, 0.25) is 0 Å². The van der Waals surface area contributed by atoms with Gasteiger partial charge >= 0.3 is 0 Å². The van der Waals surface area contributed by atoms with Crippen LogP contribution in [-0.4, -0.2) is 39.1 Å². The zero-order valence-electron chi connectivity index (χ0n) is 16.5. The SMILES string of the molecule is CC1C(OC(C)(C)O)C(O)CC1N(Cc1ccccc1)Cc1ccccc1. The lowest BCUT2D eigenvalue weighted by Crippen LogP contribution is -2.41. The number of benzene rings is 2. The second kappa shape index (κ2) is 8.53. The quantitative estimate of drug-likeness (QED) is 0.733. The van der Waals surface area contributed by atoms with Crippen molar-refractivity contribution in [3.05, 3.63) is 71.8 Å². The first-order valence-electron chi connectivity index (χ1n) is 9.73. The Morgan fingerprint density at radius 2 is 1.44 bits per heavy atom. The number of nitrogens with zero attached hydrogens (tertiary/aromatic N) is 1. The molecule has 3 rings (SSSR count). The molecule has 4 heteroatoms. The Morgan fingerprint density at radius 3 is 1.89 bits per heavy atom. The molecule has 1 aliphatic rings. The minimum Gasteiger partial charge on any atom is -0.390 e. The van der Waals surface area contributed by atoms with Crippen LogP contribution in [0.15, 0.2) is 60.7 Å². The second-order valence-electron chi connectivity index (χ2n) is 8.13.